The SMILES string of the molecule is Cc1cc(C(=O)NCCC(=O)N(C)C)cc(S(=O)(=O)N2CCC(C)CC2)c1C. The van der Waals surface area contributed by atoms with Gasteiger partial charge in [0.05, 0.1) is 4.90 Å². The molecule has 1 aliphatic heterocycles. The van der Waals surface area contributed by atoms with Gasteiger partial charge in [0.25, 0.3) is 5.91 Å². The molecule has 0 spiro atoms. The number of sulfonamides is 1. The number of aryl methyl sites for hydroxylation is 1. The molecule has 0 unspecified atom stereocenters. The Kier molecular flexibility index (Phi) is 7.22. The summed E-state index contributed by atoms with van der Waals surface area (Å²) in [6.07, 6.45) is 1.88. The molecule has 0 radical (unpaired) electrons. The molecule has 1 heterocycles. The number of hydrogen-bond acceptors (Lipinski definition) is 4. The summed E-state index contributed by atoms with van der Waals surface area (Å²) in [6, 6.07) is 3.15. The monoisotopic (exact) mass is 409 g/mol. The average Bonchev–Trinajstić information content (AvgIpc) is 2.63. The summed E-state index contributed by atoms with van der Waals surface area (Å²) in [6.45, 7) is 6.92. The lowest BCUT2D eigenvalue weighted by atomic mass is 10.0. The second-order valence-corrected chi connectivity index (χ2v) is 9.70. The summed E-state index contributed by atoms with van der Waals surface area (Å²) in [5.74, 6) is 0.0672. The summed E-state index contributed by atoms with van der Waals surface area (Å²) in [5.41, 5.74) is 1.71. The zero-order valence-electron chi connectivity index (χ0n) is 17.4. The quantitative estimate of drug-likeness (QED) is 0.778. The maximum atomic E-state index is 13.2. The van der Waals surface area contributed by atoms with Gasteiger partial charge in [-0.3, -0.25) is 9.59 Å². The third-order valence-corrected chi connectivity index (χ3v) is 7.39. The maximum absolute atomic E-state index is 13.2. The van der Waals surface area contributed by atoms with Gasteiger partial charge in [-0.25, -0.2) is 8.42 Å². The van der Waals surface area contributed by atoms with Crippen molar-refractivity contribution in [3.8, 4) is 0 Å². The fraction of sp³-hybridized carbons (Fsp3) is 0.600. The molecule has 1 N–H and O–H groups in total. The molecule has 0 bridgehead atoms. The largest absolute Gasteiger partial charge is 0.352 e. The van der Waals surface area contributed by atoms with E-state index in [1.807, 2.05) is 0 Å². The van der Waals surface area contributed by atoms with Crippen molar-refractivity contribution in [2.75, 3.05) is 33.7 Å². The van der Waals surface area contributed by atoms with Crippen LogP contribution in [-0.2, 0) is 14.8 Å². The van der Waals surface area contributed by atoms with E-state index in [2.05, 4.69) is 12.2 Å². The smallest absolute Gasteiger partial charge is 0.251 e. The van der Waals surface area contributed by atoms with Gasteiger partial charge in [0.15, 0.2) is 0 Å². The Morgan fingerprint density at radius 3 is 2.36 bits per heavy atom. The van der Waals surface area contributed by atoms with Crippen LogP contribution in [0.2, 0.25) is 0 Å². The molecule has 1 aromatic carbocycles. The highest BCUT2D eigenvalue weighted by Crippen LogP contribution is 2.28. The molecule has 0 aliphatic carbocycles. The number of carbonyl (C=O) groups excluding carboxylic acids is 2. The van der Waals surface area contributed by atoms with Gasteiger partial charge >= 0.3 is 0 Å². The number of benzene rings is 1. The molecule has 0 saturated carbocycles. The molecule has 8 heteroatoms. The van der Waals surface area contributed by atoms with Gasteiger partial charge in [-0.15, -0.1) is 0 Å². The number of nitrogens with one attached hydrogen (secondary N) is 1. The zero-order valence-corrected chi connectivity index (χ0v) is 18.2. The van der Waals surface area contributed by atoms with Crippen LogP contribution in [0.4, 0.5) is 0 Å². The van der Waals surface area contributed by atoms with Gasteiger partial charge in [0, 0.05) is 45.7 Å². The lowest BCUT2D eigenvalue weighted by molar-refractivity contribution is -0.128. The molecule has 2 rings (SSSR count). The first kappa shape index (κ1) is 22.4. The molecule has 1 aliphatic rings. The Hall–Kier alpha value is -1.93. The Balaban J connectivity index is 2.21. The van der Waals surface area contributed by atoms with Crippen molar-refractivity contribution in [3.05, 3.63) is 28.8 Å². The van der Waals surface area contributed by atoms with E-state index in [-0.39, 0.29) is 29.7 Å². The molecule has 7 nitrogen and oxygen atoms in total. The van der Waals surface area contributed by atoms with Crippen LogP contribution in [-0.4, -0.2) is 63.2 Å². The van der Waals surface area contributed by atoms with Crippen molar-refractivity contribution in [2.24, 2.45) is 5.92 Å². The highest BCUT2D eigenvalue weighted by Gasteiger charge is 2.30. The first-order valence-electron chi connectivity index (χ1n) is 9.63. The average molecular weight is 410 g/mol. The summed E-state index contributed by atoms with van der Waals surface area (Å²) in [7, 11) is -0.330. The predicted octanol–water partition coefficient (Wildman–Crippen LogP) is 1.93. The lowest BCUT2D eigenvalue weighted by Crippen LogP contribution is -2.38. The van der Waals surface area contributed by atoms with Crippen molar-refractivity contribution in [3.63, 3.8) is 0 Å². The first-order valence-corrected chi connectivity index (χ1v) is 11.1. The molecular formula is C20H31N3O4S. The fourth-order valence-electron chi connectivity index (χ4n) is 3.20. The highest BCUT2D eigenvalue weighted by molar-refractivity contribution is 7.89. The molecule has 0 aromatic heterocycles. The Bertz CT molecular complexity index is 841. The summed E-state index contributed by atoms with van der Waals surface area (Å²) in [4.78, 5) is 25.8. The van der Waals surface area contributed by atoms with E-state index >= 15 is 0 Å². The van der Waals surface area contributed by atoms with E-state index in [1.165, 1.54) is 15.3 Å². The molecule has 1 aromatic rings. The third kappa shape index (κ3) is 5.11. The van der Waals surface area contributed by atoms with Crippen LogP contribution in [0.3, 0.4) is 0 Å². The molecule has 1 fully saturated rings. The number of amides is 2. The van der Waals surface area contributed by atoms with Crippen molar-refractivity contribution < 1.29 is 18.0 Å². The molecule has 28 heavy (non-hydrogen) atoms. The van der Waals surface area contributed by atoms with Gasteiger partial charge < -0.3 is 10.2 Å². The van der Waals surface area contributed by atoms with Gasteiger partial charge in [-0.2, -0.15) is 4.31 Å². The number of nitrogens with zero attached hydrogens (tertiary/aromatic N) is 2. The number of carbonyl (C=O) groups is 2. The maximum Gasteiger partial charge on any atom is 0.251 e. The normalized spacial score (nSPS) is 16.0. The zero-order chi connectivity index (χ0) is 21.1. The molecule has 0 atom stereocenters. The predicted molar refractivity (Wildman–Crippen MR) is 109 cm³/mol. The second kappa shape index (κ2) is 9.05. The molecular weight excluding hydrogens is 378 g/mol. The number of hydrogen-bond donors (Lipinski definition) is 1. The van der Waals surface area contributed by atoms with Crippen LogP contribution >= 0.6 is 0 Å². The van der Waals surface area contributed by atoms with Gasteiger partial charge in [-0.1, -0.05) is 6.92 Å². The van der Waals surface area contributed by atoms with Crippen molar-refractivity contribution >= 4 is 21.8 Å². The van der Waals surface area contributed by atoms with E-state index in [0.717, 1.165) is 18.4 Å². The molecule has 2 amide bonds. The van der Waals surface area contributed by atoms with Crippen LogP contribution in [0, 0.1) is 19.8 Å². The van der Waals surface area contributed by atoms with Gasteiger partial charge in [0.2, 0.25) is 15.9 Å². The van der Waals surface area contributed by atoms with Crippen molar-refractivity contribution in [1.29, 1.82) is 0 Å². The van der Waals surface area contributed by atoms with E-state index < -0.39 is 10.0 Å². The minimum Gasteiger partial charge on any atom is -0.352 e. The van der Waals surface area contributed by atoms with Crippen LogP contribution in [0.25, 0.3) is 0 Å². The molecule has 1 saturated heterocycles. The summed E-state index contributed by atoms with van der Waals surface area (Å²) >= 11 is 0. The van der Waals surface area contributed by atoms with E-state index in [0.29, 0.717) is 30.1 Å². The van der Waals surface area contributed by atoms with Crippen LogP contribution in [0.1, 0.15) is 47.7 Å². The van der Waals surface area contributed by atoms with Gasteiger partial charge in [-0.05, 0) is 55.9 Å². The van der Waals surface area contributed by atoms with Gasteiger partial charge in [0.1, 0.15) is 0 Å². The Morgan fingerprint density at radius 1 is 1.18 bits per heavy atom. The Labute approximate surface area is 168 Å². The fourth-order valence-corrected chi connectivity index (χ4v) is 4.99. The summed E-state index contributed by atoms with van der Waals surface area (Å²) < 4.78 is 27.8. The minimum atomic E-state index is -3.65. The van der Waals surface area contributed by atoms with E-state index in [9.17, 15) is 18.0 Å². The standard InChI is InChI=1S/C20H31N3O4S/c1-14-7-10-23(11-8-14)28(26,27)18-13-17(12-15(2)16(18)3)20(25)21-9-6-19(24)22(4)5/h12-14H,6-11H2,1-5H3,(H,21,25). The van der Waals surface area contributed by atoms with Crippen molar-refractivity contribution in [1.82, 2.24) is 14.5 Å². The topological polar surface area (TPSA) is 86.8 Å². The van der Waals surface area contributed by atoms with Crippen LogP contribution in [0.5, 0.6) is 0 Å². The lowest BCUT2D eigenvalue weighted by Gasteiger charge is -2.30. The van der Waals surface area contributed by atoms with Crippen molar-refractivity contribution in [2.45, 2.75) is 44.9 Å². The molecule has 156 valence electrons. The minimum absolute atomic E-state index is 0.0806. The first-order chi connectivity index (χ1) is 13.0. The Morgan fingerprint density at radius 2 is 1.79 bits per heavy atom. The van der Waals surface area contributed by atoms with E-state index in [4.69, 9.17) is 0 Å². The second-order valence-electron chi connectivity index (χ2n) is 7.80. The number of piperidine rings is 1. The third-order valence-electron chi connectivity index (χ3n) is 5.37. The van der Waals surface area contributed by atoms with E-state index in [1.54, 1.807) is 34.0 Å². The van der Waals surface area contributed by atoms with Crippen LogP contribution in [0.15, 0.2) is 17.0 Å². The highest BCUT2D eigenvalue weighted by atomic mass is 32.2. The number of rotatable bonds is 6. The summed E-state index contributed by atoms with van der Waals surface area (Å²) in [5, 5.41) is 2.70. The van der Waals surface area contributed by atoms with Crippen LogP contribution < -0.4 is 5.32 Å².